The van der Waals surface area contributed by atoms with Gasteiger partial charge in [0.15, 0.2) is 5.75 Å². The van der Waals surface area contributed by atoms with Gasteiger partial charge in [0, 0.05) is 17.2 Å². The van der Waals surface area contributed by atoms with Crippen LogP contribution >= 0.6 is 11.6 Å². The zero-order chi connectivity index (χ0) is 14.4. The number of carbonyl (C=O) groups is 2. The molecular weight excluding hydrogens is 285 g/mol. The molecule has 1 heterocycles. The molecule has 1 aromatic rings. The van der Waals surface area contributed by atoms with Crippen molar-refractivity contribution in [3.63, 3.8) is 0 Å². The van der Waals surface area contributed by atoms with Crippen molar-refractivity contribution >= 4 is 29.1 Å². The first-order chi connectivity index (χ1) is 9.50. The van der Waals surface area contributed by atoms with Gasteiger partial charge in [-0.2, -0.15) is 0 Å². The maximum atomic E-state index is 13.9. The van der Waals surface area contributed by atoms with Crippen molar-refractivity contribution < 1.29 is 19.1 Å². The van der Waals surface area contributed by atoms with Crippen LogP contribution in [0.4, 0.5) is 10.1 Å². The lowest BCUT2D eigenvalue weighted by atomic mass is 9.93. The van der Waals surface area contributed by atoms with Crippen LogP contribution in [0.5, 0.6) is 5.75 Å². The number of nitrogens with zero attached hydrogens (tertiary/aromatic N) is 1. The van der Waals surface area contributed by atoms with E-state index >= 15 is 0 Å². The summed E-state index contributed by atoms with van der Waals surface area (Å²) in [5, 5.41) is 11.2. The van der Waals surface area contributed by atoms with Crippen molar-refractivity contribution in [2.45, 2.75) is 25.7 Å². The number of hydrogen-bond donors (Lipinski definition) is 0. The van der Waals surface area contributed by atoms with Crippen LogP contribution in [0.2, 0.25) is 5.02 Å². The first kappa shape index (κ1) is 13.1. The largest absolute Gasteiger partial charge is 0.288 e. The van der Waals surface area contributed by atoms with E-state index in [1.807, 2.05) is 0 Å². The Kier molecular flexibility index (Phi) is 3.01. The summed E-state index contributed by atoms with van der Waals surface area (Å²) in [4.78, 5) is 25.2. The van der Waals surface area contributed by atoms with E-state index in [4.69, 9.17) is 11.6 Å². The third-order valence-corrected chi connectivity index (χ3v) is 3.93. The minimum Gasteiger partial charge on any atom is -0.288 e. The number of anilines is 1. The average molecular weight is 295 g/mol. The Bertz CT molecular complexity index is 641. The van der Waals surface area contributed by atoms with Crippen LogP contribution in [-0.2, 0) is 14.7 Å². The quantitative estimate of drug-likeness (QED) is 0.746. The molecule has 6 heteroatoms. The molecular formula is C14H10ClFNO3. The molecule has 4 nitrogen and oxygen atoms in total. The fourth-order valence-corrected chi connectivity index (χ4v) is 2.80. The van der Waals surface area contributed by atoms with E-state index < -0.39 is 23.4 Å². The lowest BCUT2D eigenvalue weighted by Crippen LogP contribution is -2.32. The van der Waals surface area contributed by atoms with Gasteiger partial charge in [-0.1, -0.05) is 11.6 Å². The number of hydrogen-bond acceptors (Lipinski definition) is 2. The second-order valence-electron chi connectivity index (χ2n) is 4.84. The molecule has 2 aliphatic rings. The van der Waals surface area contributed by atoms with Gasteiger partial charge < -0.3 is 0 Å². The number of carbonyl (C=O) groups excluding carboxylic acids is 2. The fourth-order valence-electron chi connectivity index (χ4n) is 2.65. The van der Waals surface area contributed by atoms with Gasteiger partial charge in [-0.25, -0.2) is 9.29 Å². The molecule has 0 aromatic heterocycles. The molecule has 0 fully saturated rings. The molecule has 1 aromatic carbocycles. The maximum absolute atomic E-state index is 13.9. The van der Waals surface area contributed by atoms with Gasteiger partial charge in [0.05, 0.1) is 10.7 Å². The molecule has 0 atom stereocenters. The molecule has 0 unspecified atom stereocenters. The fraction of sp³-hybridized carbons (Fsp3) is 0.286. The van der Waals surface area contributed by atoms with Gasteiger partial charge in [0.25, 0.3) is 11.8 Å². The smallest absolute Gasteiger partial charge is 0.261 e. The van der Waals surface area contributed by atoms with Crippen molar-refractivity contribution in [2.24, 2.45) is 0 Å². The van der Waals surface area contributed by atoms with Crippen molar-refractivity contribution in [3.05, 3.63) is 34.1 Å². The molecule has 103 valence electrons. The van der Waals surface area contributed by atoms with Crippen molar-refractivity contribution in [3.8, 4) is 5.75 Å². The van der Waals surface area contributed by atoms with Gasteiger partial charge in [-0.15, -0.1) is 0 Å². The number of rotatable bonds is 1. The second-order valence-corrected chi connectivity index (χ2v) is 5.25. The van der Waals surface area contributed by atoms with Gasteiger partial charge in [-0.3, -0.25) is 14.7 Å². The van der Waals surface area contributed by atoms with Crippen molar-refractivity contribution in [1.29, 1.82) is 0 Å². The average Bonchev–Trinajstić information content (AvgIpc) is 2.68. The highest BCUT2D eigenvalue weighted by atomic mass is 35.5. The normalized spacial score (nSPS) is 18.8. The number of benzene rings is 1. The Morgan fingerprint density at radius 2 is 1.60 bits per heavy atom. The lowest BCUT2D eigenvalue weighted by Gasteiger charge is -2.16. The van der Waals surface area contributed by atoms with Crippen LogP contribution in [-0.4, -0.2) is 11.8 Å². The Morgan fingerprint density at radius 3 is 2.15 bits per heavy atom. The number of imide groups is 1. The lowest BCUT2D eigenvalue weighted by molar-refractivity contribution is -0.120. The van der Waals surface area contributed by atoms with E-state index in [1.54, 1.807) is 0 Å². The zero-order valence-corrected chi connectivity index (χ0v) is 11.2. The minimum atomic E-state index is -0.851. The standard InChI is InChI=1S/C14H10ClFNO3/c15-9-5-10(16)11(6-12(9)18)17-13(19)7-3-1-2-4-8(7)14(17)20/h5-6H,1-4H2. The molecule has 1 aliphatic heterocycles. The van der Waals surface area contributed by atoms with Gasteiger partial charge >= 0.3 is 0 Å². The summed E-state index contributed by atoms with van der Waals surface area (Å²) in [6.07, 6.45) is 2.72. The minimum absolute atomic E-state index is 0.275. The molecule has 0 spiro atoms. The highest BCUT2D eigenvalue weighted by molar-refractivity contribution is 6.34. The van der Waals surface area contributed by atoms with Crippen LogP contribution in [0, 0.1) is 5.82 Å². The second kappa shape index (κ2) is 4.59. The molecule has 1 aliphatic carbocycles. The Morgan fingerprint density at radius 1 is 1.05 bits per heavy atom. The molecule has 0 N–H and O–H groups in total. The van der Waals surface area contributed by atoms with Gasteiger partial charge in [-0.05, 0) is 31.7 Å². The van der Waals surface area contributed by atoms with Crippen LogP contribution in [0.3, 0.4) is 0 Å². The summed E-state index contributed by atoms with van der Waals surface area (Å²) in [5.74, 6) is -2.51. The van der Waals surface area contributed by atoms with Crippen LogP contribution in [0.15, 0.2) is 23.3 Å². The van der Waals surface area contributed by atoms with E-state index in [-0.39, 0.29) is 10.7 Å². The number of halogens is 2. The summed E-state index contributed by atoms with van der Waals surface area (Å²) in [5.41, 5.74) is 0.579. The maximum Gasteiger partial charge on any atom is 0.261 e. The highest BCUT2D eigenvalue weighted by Crippen LogP contribution is 2.39. The van der Waals surface area contributed by atoms with E-state index in [0.29, 0.717) is 24.0 Å². The molecule has 0 saturated carbocycles. The first-order valence-corrected chi connectivity index (χ1v) is 6.65. The van der Waals surface area contributed by atoms with Crippen molar-refractivity contribution in [2.75, 3.05) is 4.90 Å². The predicted octanol–water partition coefficient (Wildman–Crippen LogP) is 3.37. The summed E-state index contributed by atoms with van der Waals surface area (Å²) in [6.45, 7) is 0. The van der Waals surface area contributed by atoms with Crippen molar-refractivity contribution in [1.82, 2.24) is 0 Å². The molecule has 20 heavy (non-hydrogen) atoms. The van der Waals surface area contributed by atoms with E-state index in [9.17, 15) is 19.1 Å². The molecule has 0 saturated heterocycles. The summed E-state index contributed by atoms with van der Waals surface area (Å²) < 4.78 is 13.9. The molecule has 1 radical (unpaired) electrons. The van der Waals surface area contributed by atoms with Gasteiger partial charge in [0.1, 0.15) is 5.82 Å². The molecule has 0 bridgehead atoms. The monoisotopic (exact) mass is 294 g/mol. The van der Waals surface area contributed by atoms with E-state index in [1.165, 1.54) is 0 Å². The third kappa shape index (κ3) is 1.81. The molecule has 2 amide bonds. The number of amides is 2. The van der Waals surface area contributed by atoms with Gasteiger partial charge in [0.2, 0.25) is 0 Å². The Labute approximate surface area is 119 Å². The highest BCUT2D eigenvalue weighted by Gasteiger charge is 2.41. The van der Waals surface area contributed by atoms with Crippen LogP contribution in [0.25, 0.3) is 0 Å². The van der Waals surface area contributed by atoms with E-state index in [0.717, 1.165) is 29.9 Å². The van der Waals surface area contributed by atoms with Crippen LogP contribution in [0.1, 0.15) is 25.7 Å². The zero-order valence-electron chi connectivity index (χ0n) is 10.4. The van der Waals surface area contributed by atoms with Crippen LogP contribution < -0.4 is 4.90 Å². The topological polar surface area (TPSA) is 57.3 Å². The van der Waals surface area contributed by atoms with E-state index in [2.05, 4.69) is 0 Å². The SMILES string of the molecule is [O]c1cc(N2C(=O)C3=C(CCCC3)C2=O)c(F)cc1Cl. The summed E-state index contributed by atoms with van der Waals surface area (Å²) >= 11 is 5.54. The Balaban J connectivity index is 2.07. The predicted molar refractivity (Wildman–Crippen MR) is 69.5 cm³/mol. The Hall–Kier alpha value is -1.88. The first-order valence-electron chi connectivity index (χ1n) is 6.27. The summed E-state index contributed by atoms with van der Waals surface area (Å²) in [6, 6.07) is 1.73. The summed E-state index contributed by atoms with van der Waals surface area (Å²) in [7, 11) is 0. The third-order valence-electron chi connectivity index (χ3n) is 3.63. The molecule has 3 rings (SSSR count).